The minimum Gasteiger partial charge on any atom is -0.371 e. The molecule has 0 atom stereocenters. The molecule has 3 heteroatoms. The highest BCUT2D eigenvalue weighted by atomic mass is 35.5. The molecule has 0 N–H and O–H groups in total. The molecule has 1 saturated heterocycles. The van der Waals surface area contributed by atoms with Gasteiger partial charge in [0.1, 0.15) is 0 Å². The Bertz CT molecular complexity index is 411. The topological polar surface area (TPSA) is 20.3 Å². The molecule has 0 bridgehead atoms. The van der Waals surface area contributed by atoms with Crippen LogP contribution in [0.2, 0.25) is 5.02 Å². The minimum atomic E-state index is 0.554. The lowest BCUT2D eigenvalue weighted by Crippen LogP contribution is -2.33. The van der Waals surface area contributed by atoms with Crippen LogP contribution in [0.25, 0.3) is 0 Å². The zero-order chi connectivity index (χ0) is 13.0. The first kappa shape index (κ1) is 13.4. The first-order chi connectivity index (χ1) is 8.74. The van der Waals surface area contributed by atoms with Crippen molar-refractivity contribution in [1.82, 2.24) is 0 Å². The monoisotopic (exact) mass is 265 g/mol. The minimum absolute atomic E-state index is 0.554. The first-order valence-corrected chi connectivity index (χ1v) is 7.12. The number of hydrogen-bond acceptors (Lipinski definition) is 2. The molecular formula is C15H20ClNO. The summed E-state index contributed by atoms with van der Waals surface area (Å²) in [5.74, 6) is 0.885. The van der Waals surface area contributed by atoms with E-state index in [4.69, 9.17) is 11.6 Å². The molecule has 0 spiro atoms. The molecule has 1 aromatic carbocycles. The van der Waals surface area contributed by atoms with Gasteiger partial charge in [0.25, 0.3) is 0 Å². The maximum atomic E-state index is 10.7. The van der Waals surface area contributed by atoms with E-state index in [1.807, 2.05) is 18.2 Å². The zero-order valence-electron chi connectivity index (χ0n) is 10.9. The van der Waals surface area contributed by atoms with Gasteiger partial charge in [-0.15, -0.1) is 0 Å². The average Bonchev–Trinajstić information content (AvgIpc) is 2.40. The van der Waals surface area contributed by atoms with E-state index in [1.165, 1.54) is 25.7 Å². The van der Waals surface area contributed by atoms with Gasteiger partial charge in [-0.1, -0.05) is 31.4 Å². The Morgan fingerprint density at radius 1 is 1.39 bits per heavy atom. The number of rotatable bonds is 4. The Balaban J connectivity index is 2.01. The number of aldehydes is 1. The van der Waals surface area contributed by atoms with Gasteiger partial charge in [0, 0.05) is 24.3 Å². The van der Waals surface area contributed by atoms with Crippen LogP contribution in [0, 0.1) is 5.92 Å². The number of carbonyl (C=O) groups excluding carboxylic acids is 1. The van der Waals surface area contributed by atoms with Crippen molar-refractivity contribution in [3.8, 4) is 0 Å². The molecule has 1 aromatic rings. The molecule has 0 aliphatic carbocycles. The number of carbonyl (C=O) groups is 1. The van der Waals surface area contributed by atoms with Gasteiger partial charge in [0.15, 0.2) is 6.29 Å². The molecule has 1 aliphatic rings. The number of halogens is 1. The third-order valence-corrected chi connectivity index (χ3v) is 4.11. The van der Waals surface area contributed by atoms with Crippen LogP contribution in [-0.2, 0) is 0 Å². The van der Waals surface area contributed by atoms with Gasteiger partial charge >= 0.3 is 0 Å². The molecule has 18 heavy (non-hydrogen) atoms. The third kappa shape index (κ3) is 3.05. The van der Waals surface area contributed by atoms with Crippen LogP contribution < -0.4 is 4.90 Å². The van der Waals surface area contributed by atoms with Crippen molar-refractivity contribution in [2.45, 2.75) is 32.6 Å². The van der Waals surface area contributed by atoms with Gasteiger partial charge in [0.2, 0.25) is 0 Å². The van der Waals surface area contributed by atoms with Gasteiger partial charge in [-0.25, -0.2) is 0 Å². The van der Waals surface area contributed by atoms with Crippen molar-refractivity contribution in [3.05, 3.63) is 28.8 Å². The van der Waals surface area contributed by atoms with E-state index in [9.17, 15) is 4.79 Å². The number of piperidine rings is 1. The Morgan fingerprint density at radius 3 is 2.67 bits per heavy atom. The molecule has 0 saturated carbocycles. The van der Waals surface area contributed by atoms with Crippen molar-refractivity contribution in [1.29, 1.82) is 0 Å². The van der Waals surface area contributed by atoms with Crippen LogP contribution >= 0.6 is 11.6 Å². The molecule has 98 valence electrons. The molecule has 2 nitrogen and oxygen atoms in total. The summed E-state index contributed by atoms with van der Waals surface area (Å²) in [5, 5.41) is 0.554. The summed E-state index contributed by atoms with van der Waals surface area (Å²) in [5.41, 5.74) is 1.71. The Kier molecular flexibility index (Phi) is 4.65. The molecule has 1 heterocycles. The second-order valence-corrected chi connectivity index (χ2v) is 5.45. The lowest BCUT2D eigenvalue weighted by molar-refractivity contribution is 0.112. The van der Waals surface area contributed by atoms with Crippen molar-refractivity contribution in [2.75, 3.05) is 18.0 Å². The quantitative estimate of drug-likeness (QED) is 0.762. The van der Waals surface area contributed by atoms with Crippen molar-refractivity contribution < 1.29 is 4.79 Å². The lowest BCUT2D eigenvalue weighted by atomic mass is 9.92. The molecule has 0 unspecified atom stereocenters. The largest absolute Gasteiger partial charge is 0.371 e. The molecule has 0 amide bonds. The summed E-state index contributed by atoms with van der Waals surface area (Å²) < 4.78 is 0. The lowest BCUT2D eigenvalue weighted by Gasteiger charge is -2.33. The Morgan fingerprint density at radius 2 is 2.11 bits per heavy atom. The number of nitrogens with zero attached hydrogens (tertiary/aromatic N) is 1. The summed E-state index contributed by atoms with van der Waals surface area (Å²) in [7, 11) is 0. The highest BCUT2D eigenvalue weighted by molar-refractivity contribution is 6.33. The molecule has 1 aliphatic heterocycles. The standard InChI is InChI=1S/C15H20ClNO/c1-2-3-12-6-8-17(9-7-12)14-5-4-13(11-18)15(16)10-14/h4-5,10-12H,2-3,6-9H2,1H3. The average molecular weight is 266 g/mol. The van der Waals surface area contributed by atoms with Crippen LogP contribution in [0.4, 0.5) is 5.69 Å². The summed E-state index contributed by atoms with van der Waals surface area (Å²) in [6.07, 6.45) is 5.96. The van der Waals surface area contributed by atoms with E-state index in [1.54, 1.807) is 0 Å². The smallest absolute Gasteiger partial charge is 0.151 e. The third-order valence-electron chi connectivity index (χ3n) is 3.79. The highest BCUT2D eigenvalue weighted by Crippen LogP contribution is 2.28. The van der Waals surface area contributed by atoms with E-state index < -0.39 is 0 Å². The SMILES string of the molecule is CCCC1CCN(c2ccc(C=O)c(Cl)c2)CC1. The summed E-state index contributed by atoms with van der Waals surface area (Å²) in [6, 6.07) is 5.71. The number of anilines is 1. The van der Waals surface area contributed by atoms with Crippen LogP contribution in [0.15, 0.2) is 18.2 Å². The maximum absolute atomic E-state index is 10.7. The van der Waals surface area contributed by atoms with Gasteiger partial charge in [-0.05, 0) is 37.0 Å². The van der Waals surface area contributed by atoms with E-state index in [0.29, 0.717) is 10.6 Å². The normalized spacial score (nSPS) is 16.9. The second kappa shape index (κ2) is 6.24. The zero-order valence-corrected chi connectivity index (χ0v) is 11.6. The second-order valence-electron chi connectivity index (χ2n) is 5.04. The fourth-order valence-corrected chi connectivity index (χ4v) is 2.92. The fourth-order valence-electron chi connectivity index (χ4n) is 2.70. The molecule has 2 rings (SSSR count). The van der Waals surface area contributed by atoms with Crippen molar-refractivity contribution in [3.63, 3.8) is 0 Å². The van der Waals surface area contributed by atoms with Crippen molar-refractivity contribution in [2.24, 2.45) is 5.92 Å². The molecular weight excluding hydrogens is 246 g/mol. The van der Waals surface area contributed by atoms with Gasteiger partial charge in [-0.3, -0.25) is 4.79 Å². The number of hydrogen-bond donors (Lipinski definition) is 0. The van der Waals surface area contributed by atoms with E-state index in [0.717, 1.165) is 31.0 Å². The summed E-state index contributed by atoms with van der Waals surface area (Å²) in [4.78, 5) is 13.1. The molecule has 0 aromatic heterocycles. The van der Waals surface area contributed by atoms with E-state index in [-0.39, 0.29) is 0 Å². The first-order valence-electron chi connectivity index (χ1n) is 6.74. The Hall–Kier alpha value is -1.02. The van der Waals surface area contributed by atoms with Crippen LogP contribution in [0.5, 0.6) is 0 Å². The molecule has 1 fully saturated rings. The maximum Gasteiger partial charge on any atom is 0.151 e. The predicted octanol–water partition coefficient (Wildman–Crippen LogP) is 4.17. The van der Waals surface area contributed by atoms with Crippen LogP contribution in [-0.4, -0.2) is 19.4 Å². The van der Waals surface area contributed by atoms with Crippen LogP contribution in [0.3, 0.4) is 0 Å². The van der Waals surface area contributed by atoms with Crippen molar-refractivity contribution >= 4 is 23.6 Å². The van der Waals surface area contributed by atoms with Gasteiger partial charge < -0.3 is 4.90 Å². The fraction of sp³-hybridized carbons (Fsp3) is 0.533. The van der Waals surface area contributed by atoms with Crippen LogP contribution in [0.1, 0.15) is 43.0 Å². The van der Waals surface area contributed by atoms with Gasteiger partial charge in [-0.2, -0.15) is 0 Å². The number of benzene rings is 1. The Labute approximate surface area is 114 Å². The van der Waals surface area contributed by atoms with Gasteiger partial charge in [0.05, 0.1) is 5.02 Å². The predicted molar refractivity (Wildman–Crippen MR) is 76.7 cm³/mol. The molecule has 0 radical (unpaired) electrons. The summed E-state index contributed by atoms with van der Waals surface area (Å²) >= 11 is 6.07. The summed E-state index contributed by atoms with van der Waals surface area (Å²) in [6.45, 7) is 4.45. The van der Waals surface area contributed by atoms with E-state index >= 15 is 0 Å². The highest BCUT2D eigenvalue weighted by Gasteiger charge is 2.19. The van der Waals surface area contributed by atoms with E-state index in [2.05, 4.69) is 11.8 Å².